The van der Waals surface area contributed by atoms with Crippen molar-refractivity contribution in [1.29, 1.82) is 0 Å². The van der Waals surface area contributed by atoms with Gasteiger partial charge in [-0.15, -0.1) is 0 Å². The molecule has 0 heterocycles. The van der Waals surface area contributed by atoms with Crippen LogP contribution in [0.2, 0.25) is 5.02 Å². The number of alkyl carbamates (subject to hydrolysis) is 1. The maximum absolute atomic E-state index is 14.2. The summed E-state index contributed by atoms with van der Waals surface area (Å²) in [6, 6.07) is 11.2. The number of aryl methyl sites for hydroxylation is 2. The standard InChI is InChI=1S/C31H44ClN3O4/c1-9-10-11-18-35(29(37)25(20(2)3)34-30(38)39-31(6,7)8)27(23-16-12-14-21(4)19-23)28(36)33-26-22(5)15-13-17-24(26)32/h12-17,19-20,25,27H,9-11,18H2,1-8H3,(H,33,36)(H,34,38). The van der Waals surface area contributed by atoms with Crippen LogP contribution in [0.3, 0.4) is 0 Å². The maximum atomic E-state index is 14.2. The molecule has 0 aliphatic carbocycles. The molecule has 2 aromatic carbocycles. The number of unbranched alkanes of at least 4 members (excludes halogenated alkanes) is 2. The van der Waals surface area contributed by atoms with E-state index < -0.39 is 23.8 Å². The van der Waals surface area contributed by atoms with E-state index in [1.165, 1.54) is 0 Å². The number of rotatable bonds is 11. The second-order valence-corrected chi connectivity index (χ2v) is 11.8. The Morgan fingerprint density at radius 1 is 1.03 bits per heavy atom. The smallest absolute Gasteiger partial charge is 0.408 e. The molecular formula is C31H44ClN3O4. The largest absolute Gasteiger partial charge is 0.444 e. The lowest BCUT2D eigenvalue weighted by Gasteiger charge is -2.36. The van der Waals surface area contributed by atoms with E-state index in [4.69, 9.17) is 16.3 Å². The maximum Gasteiger partial charge on any atom is 0.408 e. The highest BCUT2D eigenvalue weighted by molar-refractivity contribution is 6.34. The van der Waals surface area contributed by atoms with Gasteiger partial charge in [0.2, 0.25) is 5.91 Å². The number of nitrogens with zero attached hydrogens (tertiary/aromatic N) is 1. The van der Waals surface area contributed by atoms with E-state index in [9.17, 15) is 14.4 Å². The number of carbonyl (C=O) groups excluding carboxylic acids is 3. The molecule has 0 saturated carbocycles. The number of hydrogen-bond acceptors (Lipinski definition) is 4. The molecule has 2 rings (SSSR count). The van der Waals surface area contributed by atoms with Crippen molar-refractivity contribution in [3.8, 4) is 0 Å². The minimum Gasteiger partial charge on any atom is -0.444 e. The van der Waals surface area contributed by atoms with Crippen LogP contribution in [-0.2, 0) is 14.3 Å². The summed E-state index contributed by atoms with van der Waals surface area (Å²) in [5.41, 5.74) is 2.26. The molecule has 8 heteroatoms. The Kier molecular flexibility index (Phi) is 11.8. The normalized spacial score (nSPS) is 13.0. The molecule has 0 radical (unpaired) electrons. The fourth-order valence-corrected chi connectivity index (χ4v) is 4.59. The van der Waals surface area contributed by atoms with Gasteiger partial charge in [-0.25, -0.2) is 4.79 Å². The number of para-hydroxylation sites is 1. The first-order valence-corrected chi connectivity index (χ1v) is 14.1. The summed E-state index contributed by atoms with van der Waals surface area (Å²) in [4.78, 5) is 42.5. The van der Waals surface area contributed by atoms with Gasteiger partial charge in [-0.05, 0) is 64.2 Å². The van der Waals surface area contributed by atoms with Crippen LogP contribution in [0.4, 0.5) is 10.5 Å². The van der Waals surface area contributed by atoms with Gasteiger partial charge in [0.25, 0.3) is 5.91 Å². The van der Waals surface area contributed by atoms with E-state index in [-0.39, 0.29) is 17.7 Å². The molecular weight excluding hydrogens is 514 g/mol. The van der Waals surface area contributed by atoms with E-state index in [0.29, 0.717) is 29.2 Å². The molecule has 0 aromatic heterocycles. The third-order valence-corrected chi connectivity index (χ3v) is 6.59. The zero-order valence-corrected chi connectivity index (χ0v) is 25.3. The molecule has 0 saturated heterocycles. The monoisotopic (exact) mass is 557 g/mol. The van der Waals surface area contributed by atoms with Crippen LogP contribution >= 0.6 is 11.6 Å². The molecule has 0 fully saturated rings. The average Bonchev–Trinajstić information content (AvgIpc) is 2.82. The summed E-state index contributed by atoms with van der Waals surface area (Å²) in [6.45, 7) is 15.3. The number of halogens is 1. The number of anilines is 1. The Hall–Kier alpha value is -3.06. The second kappa shape index (κ2) is 14.4. The van der Waals surface area contributed by atoms with Gasteiger partial charge < -0.3 is 20.3 Å². The third-order valence-electron chi connectivity index (χ3n) is 6.28. The van der Waals surface area contributed by atoms with Crippen molar-refractivity contribution in [3.05, 3.63) is 64.2 Å². The van der Waals surface area contributed by atoms with E-state index in [0.717, 1.165) is 24.0 Å². The Morgan fingerprint density at radius 3 is 2.26 bits per heavy atom. The summed E-state index contributed by atoms with van der Waals surface area (Å²) >= 11 is 6.44. The fraction of sp³-hybridized carbons (Fsp3) is 0.516. The highest BCUT2D eigenvalue weighted by Crippen LogP contribution is 2.30. The van der Waals surface area contributed by atoms with E-state index >= 15 is 0 Å². The summed E-state index contributed by atoms with van der Waals surface area (Å²) in [5.74, 6) is -0.961. The Morgan fingerprint density at radius 2 is 1.69 bits per heavy atom. The van der Waals surface area contributed by atoms with Crippen LogP contribution in [0.1, 0.15) is 83.5 Å². The quantitative estimate of drug-likeness (QED) is 0.286. The van der Waals surface area contributed by atoms with Gasteiger partial charge in [0, 0.05) is 6.54 Å². The molecule has 0 bridgehead atoms. The number of amides is 3. The van der Waals surface area contributed by atoms with Crippen molar-refractivity contribution in [2.75, 3.05) is 11.9 Å². The molecule has 0 aliphatic heterocycles. The Balaban J connectivity index is 2.57. The van der Waals surface area contributed by atoms with Gasteiger partial charge in [0.05, 0.1) is 10.7 Å². The molecule has 0 spiro atoms. The minimum absolute atomic E-state index is 0.245. The van der Waals surface area contributed by atoms with Crippen molar-refractivity contribution in [2.45, 2.75) is 92.3 Å². The highest BCUT2D eigenvalue weighted by Gasteiger charge is 2.37. The SMILES string of the molecule is CCCCCN(C(=O)C(NC(=O)OC(C)(C)C)C(C)C)C(C(=O)Nc1c(C)cccc1Cl)c1cccc(C)c1. The molecule has 2 aromatic rings. The summed E-state index contributed by atoms with van der Waals surface area (Å²) in [5, 5.41) is 6.17. The van der Waals surface area contributed by atoms with E-state index in [1.807, 2.05) is 64.1 Å². The number of ether oxygens (including phenoxy) is 1. The number of benzene rings is 2. The molecule has 39 heavy (non-hydrogen) atoms. The highest BCUT2D eigenvalue weighted by atomic mass is 35.5. The van der Waals surface area contributed by atoms with Crippen LogP contribution in [0.25, 0.3) is 0 Å². The molecule has 2 unspecified atom stereocenters. The number of hydrogen-bond donors (Lipinski definition) is 2. The summed E-state index contributed by atoms with van der Waals surface area (Å²) < 4.78 is 5.45. The number of nitrogens with one attached hydrogen (secondary N) is 2. The first-order valence-electron chi connectivity index (χ1n) is 13.7. The van der Waals surface area contributed by atoms with Gasteiger partial charge in [-0.3, -0.25) is 9.59 Å². The van der Waals surface area contributed by atoms with Crippen molar-refractivity contribution in [1.82, 2.24) is 10.2 Å². The van der Waals surface area contributed by atoms with Crippen LogP contribution < -0.4 is 10.6 Å². The molecule has 214 valence electrons. The molecule has 7 nitrogen and oxygen atoms in total. The first kappa shape index (κ1) is 32.2. The fourth-order valence-electron chi connectivity index (χ4n) is 4.32. The average molecular weight is 558 g/mol. The number of carbonyl (C=O) groups is 3. The molecule has 3 amide bonds. The van der Waals surface area contributed by atoms with Gasteiger partial charge in [-0.2, -0.15) is 0 Å². The topological polar surface area (TPSA) is 87.7 Å². The molecule has 0 aliphatic rings. The summed E-state index contributed by atoms with van der Waals surface area (Å²) in [7, 11) is 0. The second-order valence-electron chi connectivity index (χ2n) is 11.3. The van der Waals surface area contributed by atoms with Crippen LogP contribution in [0.15, 0.2) is 42.5 Å². The lowest BCUT2D eigenvalue weighted by atomic mass is 9.97. The van der Waals surface area contributed by atoms with Gasteiger partial charge in [-0.1, -0.05) is 87.2 Å². The zero-order chi connectivity index (χ0) is 29.3. The van der Waals surface area contributed by atoms with Gasteiger partial charge in [0.1, 0.15) is 17.7 Å². The minimum atomic E-state index is -0.938. The Bertz CT molecular complexity index is 1120. The van der Waals surface area contributed by atoms with Crippen LogP contribution in [0, 0.1) is 19.8 Å². The van der Waals surface area contributed by atoms with Crippen molar-refractivity contribution in [3.63, 3.8) is 0 Å². The first-order chi connectivity index (χ1) is 18.2. The lowest BCUT2D eigenvalue weighted by molar-refractivity contribution is -0.141. The van der Waals surface area contributed by atoms with Crippen molar-refractivity contribution < 1.29 is 19.1 Å². The molecule has 2 atom stereocenters. The van der Waals surface area contributed by atoms with Gasteiger partial charge in [0.15, 0.2) is 0 Å². The Labute approximate surface area is 238 Å². The third kappa shape index (κ3) is 9.57. The molecule has 2 N–H and O–H groups in total. The predicted octanol–water partition coefficient (Wildman–Crippen LogP) is 7.20. The van der Waals surface area contributed by atoms with Crippen molar-refractivity contribution >= 4 is 35.2 Å². The van der Waals surface area contributed by atoms with Gasteiger partial charge >= 0.3 is 6.09 Å². The van der Waals surface area contributed by atoms with Crippen molar-refractivity contribution in [2.24, 2.45) is 5.92 Å². The zero-order valence-electron chi connectivity index (χ0n) is 24.6. The van der Waals surface area contributed by atoms with Crippen LogP contribution in [0.5, 0.6) is 0 Å². The van der Waals surface area contributed by atoms with E-state index in [2.05, 4.69) is 17.6 Å². The lowest BCUT2D eigenvalue weighted by Crippen LogP contribution is -2.54. The van der Waals surface area contributed by atoms with Crippen LogP contribution in [-0.4, -0.2) is 41.0 Å². The van der Waals surface area contributed by atoms with E-state index in [1.54, 1.807) is 31.7 Å². The predicted molar refractivity (Wildman–Crippen MR) is 158 cm³/mol. The summed E-state index contributed by atoms with van der Waals surface area (Å²) in [6.07, 6.45) is 1.87.